The van der Waals surface area contributed by atoms with E-state index in [0.717, 1.165) is 45.4 Å². The second-order valence-electron chi connectivity index (χ2n) is 9.35. The number of H-pyrrole nitrogens is 2. The SMILES string of the molecule is Cc1c[nH]c2c1[C@]13C[C@H]1CN(C(=O)c1cc4c5c(ccc4[nH]1)N(C(N)=O)CC5)C3=CC2=O. The smallest absolute Gasteiger partial charge is 0.319 e. The molecule has 0 bridgehead atoms. The molecule has 4 aliphatic rings. The highest BCUT2D eigenvalue weighted by atomic mass is 16.2. The maximum absolute atomic E-state index is 13.6. The van der Waals surface area contributed by atoms with Crippen molar-refractivity contribution in [3.8, 4) is 0 Å². The minimum Gasteiger partial charge on any atom is -0.358 e. The summed E-state index contributed by atoms with van der Waals surface area (Å²) in [6, 6.07) is 5.16. The summed E-state index contributed by atoms with van der Waals surface area (Å²) in [5, 5.41) is 0.936. The van der Waals surface area contributed by atoms with Crippen molar-refractivity contribution in [1.29, 1.82) is 0 Å². The van der Waals surface area contributed by atoms with E-state index in [0.29, 0.717) is 36.8 Å². The summed E-state index contributed by atoms with van der Waals surface area (Å²) in [5.41, 5.74) is 12.1. The molecule has 4 heterocycles. The van der Waals surface area contributed by atoms with Gasteiger partial charge in [-0.25, -0.2) is 4.79 Å². The van der Waals surface area contributed by atoms with E-state index in [1.165, 1.54) is 0 Å². The molecule has 32 heavy (non-hydrogen) atoms. The summed E-state index contributed by atoms with van der Waals surface area (Å²) in [7, 11) is 0. The third kappa shape index (κ3) is 1.96. The highest BCUT2D eigenvalue weighted by Gasteiger charge is 2.68. The van der Waals surface area contributed by atoms with E-state index in [4.69, 9.17) is 5.73 Å². The number of carbonyl (C=O) groups excluding carboxylic acids is 3. The van der Waals surface area contributed by atoms with E-state index in [1.807, 2.05) is 31.3 Å². The van der Waals surface area contributed by atoms with Gasteiger partial charge in [0.1, 0.15) is 5.69 Å². The summed E-state index contributed by atoms with van der Waals surface area (Å²) in [5.74, 6) is 0.152. The number of fused-ring (bicyclic) bond motifs is 4. The topological polar surface area (TPSA) is 115 Å². The molecule has 2 aliphatic heterocycles. The van der Waals surface area contributed by atoms with Gasteiger partial charge in [-0.3, -0.25) is 14.5 Å². The van der Waals surface area contributed by atoms with E-state index >= 15 is 0 Å². The summed E-state index contributed by atoms with van der Waals surface area (Å²) < 4.78 is 0. The molecule has 7 rings (SSSR count). The zero-order chi connectivity index (χ0) is 21.9. The maximum atomic E-state index is 13.6. The molecule has 3 amide bonds. The van der Waals surface area contributed by atoms with Crippen LogP contribution < -0.4 is 10.6 Å². The molecule has 4 N–H and O–H groups in total. The summed E-state index contributed by atoms with van der Waals surface area (Å²) >= 11 is 0. The molecule has 1 spiro atoms. The van der Waals surface area contributed by atoms with Crippen molar-refractivity contribution in [3.05, 3.63) is 64.2 Å². The number of hydrogen-bond donors (Lipinski definition) is 3. The molecule has 2 aromatic heterocycles. The average Bonchev–Trinajstić information content (AvgIpc) is 3.23. The molecule has 8 nitrogen and oxygen atoms in total. The van der Waals surface area contributed by atoms with Gasteiger partial charge in [-0.1, -0.05) is 0 Å². The van der Waals surface area contributed by atoms with Gasteiger partial charge in [-0.05, 0) is 60.6 Å². The lowest BCUT2D eigenvalue weighted by molar-refractivity contribution is 0.0806. The Hall–Kier alpha value is -3.81. The van der Waals surface area contributed by atoms with Gasteiger partial charge in [-0.15, -0.1) is 0 Å². The quantitative estimate of drug-likeness (QED) is 0.555. The Morgan fingerprint density at radius 3 is 2.91 bits per heavy atom. The van der Waals surface area contributed by atoms with Crippen LogP contribution in [0.15, 0.2) is 36.2 Å². The second kappa shape index (κ2) is 5.51. The van der Waals surface area contributed by atoms with Crippen LogP contribution in [-0.4, -0.2) is 45.7 Å². The van der Waals surface area contributed by atoms with Gasteiger partial charge in [0, 0.05) is 53.1 Å². The number of nitrogens with two attached hydrogens (primary N) is 1. The van der Waals surface area contributed by atoms with E-state index in [-0.39, 0.29) is 17.1 Å². The van der Waals surface area contributed by atoms with Gasteiger partial charge in [0.15, 0.2) is 0 Å². The number of nitrogens with zero attached hydrogens (tertiary/aromatic N) is 2. The summed E-state index contributed by atoms with van der Waals surface area (Å²) in [6.07, 6.45) is 5.21. The van der Waals surface area contributed by atoms with Crippen molar-refractivity contribution in [2.75, 3.05) is 18.0 Å². The first-order chi connectivity index (χ1) is 15.4. The number of hydrogen-bond acceptors (Lipinski definition) is 3. The number of aromatic nitrogens is 2. The number of nitrogens with one attached hydrogen (secondary N) is 2. The van der Waals surface area contributed by atoms with Crippen molar-refractivity contribution >= 4 is 34.3 Å². The molecule has 0 unspecified atom stereocenters. The number of likely N-dealkylation sites (tertiary alicyclic amines) is 1. The molecule has 2 aliphatic carbocycles. The van der Waals surface area contributed by atoms with Gasteiger partial charge in [-0.2, -0.15) is 0 Å². The highest BCUT2D eigenvalue weighted by Crippen LogP contribution is 2.67. The Morgan fingerprint density at radius 2 is 2.09 bits per heavy atom. The Kier molecular flexibility index (Phi) is 3.07. The number of piperidine rings is 1. The highest BCUT2D eigenvalue weighted by molar-refractivity contribution is 6.09. The molecule has 1 saturated carbocycles. The van der Waals surface area contributed by atoms with E-state index < -0.39 is 6.03 Å². The minimum atomic E-state index is -0.468. The molecule has 2 fully saturated rings. The number of benzene rings is 1. The Balaban J connectivity index is 1.29. The first-order valence-corrected chi connectivity index (χ1v) is 10.9. The van der Waals surface area contributed by atoms with Gasteiger partial charge in [0.25, 0.3) is 5.91 Å². The van der Waals surface area contributed by atoms with E-state index in [1.54, 1.807) is 15.9 Å². The number of primary amides is 1. The van der Waals surface area contributed by atoms with Gasteiger partial charge in [0.2, 0.25) is 5.78 Å². The van der Waals surface area contributed by atoms with Crippen LogP contribution in [0.25, 0.3) is 10.9 Å². The zero-order valence-electron chi connectivity index (χ0n) is 17.5. The number of allylic oxidation sites excluding steroid dienone is 2. The van der Waals surface area contributed by atoms with Crippen LogP contribution >= 0.6 is 0 Å². The third-order valence-corrected chi connectivity index (χ3v) is 7.80. The lowest BCUT2D eigenvalue weighted by Gasteiger charge is -2.28. The largest absolute Gasteiger partial charge is 0.358 e. The first-order valence-electron chi connectivity index (χ1n) is 10.9. The average molecular weight is 427 g/mol. The van der Waals surface area contributed by atoms with Crippen molar-refractivity contribution in [3.63, 3.8) is 0 Å². The number of carbonyl (C=O) groups is 3. The molecule has 1 aromatic carbocycles. The molecular formula is C24H21N5O3. The molecular weight excluding hydrogens is 406 g/mol. The van der Waals surface area contributed by atoms with Crippen molar-refractivity contribution in [1.82, 2.24) is 14.9 Å². The summed E-state index contributed by atoms with van der Waals surface area (Å²) in [4.78, 5) is 47.8. The molecule has 1 saturated heterocycles. The fourth-order valence-electron chi connectivity index (χ4n) is 6.35. The van der Waals surface area contributed by atoms with Gasteiger partial charge >= 0.3 is 6.03 Å². The predicted octanol–water partition coefficient (Wildman–Crippen LogP) is 2.74. The number of amides is 3. The van der Waals surface area contributed by atoms with Crippen LogP contribution in [0.4, 0.5) is 10.5 Å². The lowest BCUT2D eigenvalue weighted by atomic mass is 9.83. The molecule has 0 radical (unpaired) electrons. The fourth-order valence-corrected chi connectivity index (χ4v) is 6.35. The van der Waals surface area contributed by atoms with E-state index in [2.05, 4.69) is 9.97 Å². The number of urea groups is 1. The lowest BCUT2D eigenvalue weighted by Crippen LogP contribution is -2.34. The Morgan fingerprint density at radius 1 is 1.25 bits per heavy atom. The monoisotopic (exact) mass is 427 g/mol. The van der Waals surface area contributed by atoms with Crippen LogP contribution in [0, 0.1) is 12.8 Å². The zero-order valence-corrected chi connectivity index (χ0v) is 17.5. The maximum Gasteiger partial charge on any atom is 0.319 e. The van der Waals surface area contributed by atoms with Crippen LogP contribution in [0.1, 0.15) is 44.1 Å². The second-order valence-corrected chi connectivity index (χ2v) is 9.35. The minimum absolute atomic E-state index is 0.0694. The van der Waals surface area contributed by atoms with Crippen LogP contribution in [0.3, 0.4) is 0 Å². The van der Waals surface area contributed by atoms with Gasteiger partial charge < -0.3 is 20.6 Å². The number of aromatic amines is 2. The Labute approximate surface area is 183 Å². The fraction of sp³-hybridized carbons (Fsp3) is 0.292. The molecule has 160 valence electrons. The van der Waals surface area contributed by atoms with Gasteiger partial charge in [0.05, 0.1) is 5.69 Å². The normalized spacial score (nSPS) is 24.8. The Bertz CT molecular complexity index is 1440. The molecule has 2 atom stereocenters. The third-order valence-electron chi connectivity index (χ3n) is 7.80. The van der Waals surface area contributed by atoms with E-state index in [9.17, 15) is 14.4 Å². The number of aryl methyl sites for hydroxylation is 1. The molecule has 8 heteroatoms. The predicted molar refractivity (Wildman–Crippen MR) is 118 cm³/mol. The van der Waals surface area contributed by atoms with Crippen molar-refractivity contribution < 1.29 is 14.4 Å². The molecule has 3 aromatic rings. The summed E-state index contributed by atoms with van der Waals surface area (Å²) in [6.45, 7) is 3.18. The number of ketones is 1. The van der Waals surface area contributed by atoms with Crippen LogP contribution in [-0.2, 0) is 11.8 Å². The van der Waals surface area contributed by atoms with Crippen molar-refractivity contribution in [2.45, 2.75) is 25.2 Å². The first kappa shape index (κ1) is 17.8. The standard InChI is InChI=1S/C24H21N5O3/c1-11-9-26-21-18(30)7-19-24(20(11)21)8-12(24)10-29(19)22(31)16-6-14-13-4-5-28(23(25)32)17(13)3-2-15(14)27-16/h2-3,6-7,9,12,26-27H,4-5,8,10H2,1H3,(H2,25,32)/t12-,24+/m0/s1. The number of rotatable bonds is 1. The van der Waals surface area contributed by atoms with Crippen LogP contribution in [0.2, 0.25) is 0 Å². The number of anilines is 1. The van der Waals surface area contributed by atoms with Crippen molar-refractivity contribution in [2.24, 2.45) is 11.7 Å². The van der Waals surface area contributed by atoms with Crippen LogP contribution in [0.5, 0.6) is 0 Å².